The van der Waals surface area contributed by atoms with Crippen LogP contribution in [0.3, 0.4) is 0 Å². The number of carboxylic acid groups (broad SMARTS) is 1. The summed E-state index contributed by atoms with van der Waals surface area (Å²) >= 11 is 0. The molecule has 0 fully saturated rings. The summed E-state index contributed by atoms with van der Waals surface area (Å²) < 4.78 is 49.4. The number of hydrogen-bond donors (Lipinski definition) is 2. The molecule has 0 amide bonds. The second-order valence-corrected chi connectivity index (χ2v) is 5.69. The summed E-state index contributed by atoms with van der Waals surface area (Å²) in [5.41, 5.74) is 4.68. The molecule has 0 aliphatic heterocycles. The molecule has 0 aliphatic rings. The normalized spacial score (nSPS) is 13.3. The number of halogens is 2. The number of carboxylic acids is 1. The van der Waals surface area contributed by atoms with Crippen LogP contribution in [0.1, 0.15) is 11.5 Å². The van der Waals surface area contributed by atoms with Gasteiger partial charge < -0.3 is 10.8 Å². The third-order valence-corrected chi connectivity index (χ3v) is 3.47. The van der Waals surface area contributed by atoms with Gasteiger partial charge in [0.15, 0.2) is 9.84 Å². The van der Waals surface area contributed by atoms with Crippen molar-refractivity contribution in [2.24, 2.45) is 5.73 Å². The molecule has 18 heavy (non-hydrogen) atoms. The molecule has 1 atom stereocenters. The SMILES string of the molecule is CS(=O)(=O)c1cc(F)c(C(CN)C(=O)O)cc1F. The summed E-state index contributed by atoms with van der Waals surface area (Å²) in [5.74, 6) is -5.15. The van der Waals surface area contributed by atoms with Gasteiger partial charge in [-0.1, -0.05) is 0 Å². The fourth-order valence-corrected chi connectivity index (χ4v) is 2.19. The smallest absolute Gasteiger partial charge is 0.312 e. The van der Waals surface area contributed by atoms with Crippen molar-refractivity contribution in [3.05, 3.63) is 29.3 Å². The van der Waals surface area contributed by atoms with Gasteiger partial charge in [0.1, 0.15) is 16.5 Å². The van der Waals surface area contributed by atoms with Crippen LogP contribution in [0, 0.1) is 11.6 Å². The Kier molecular flexibility index (Phi) is 4.02. The Morgan fingerprint density at radius 3 is 2.33 bits per heavy atom. The van der Waals surface area contributed by atoms with Gasteiger partial charge in [-0.2, -0.15) is 0 Å². The van der Waals surface area contributed by atoms with E-state index in [0.29, 0.717) is 12.1 Å². The number of hydrogen-bond acceptors (Lipinski definition) is 4. The fourth-order valence-electron chi connectivity index (χ4n) is 1.46. The third-order valence-electron chi connectivity index (χ3n) is 2.36. The zero-order valence-corrected chi connectivity index (χ0v) is 10.2. The number of carbonyl (C=O) groups is 1. The van der Waals surface area contributed by atoms with Crippen LogP contribution in [0.2, 0.25) is 0 Å². The molecule has 1 aromatic rings. The molecule has 0 saturated heterocycles. The molecule has 5 nitrogen and oxygen atoms in total. The Morgan fingerprint density at radius 1 is 1.39 bits per heavy atom. The highest BCUT2D eigenvalue weighted by Gasteiger charge is 2.25. The summed E-state index contributed by atoms with van der Waals surface area (Å²) in [6, 6.07) is 1.02. The molecule has 100 valence electrons. The molecular weight excluding hydrogens is 268 g/mol. The minimum Gasteiger partial charge on any atom is -0.481 e. The maximum absolute atomic E-state index is 13.6. The number of aliphatic carboxylic acids is 1. The first-order valence-electron chi connectivity index (χ1n) is 4.80. The number of sulfone groups is 1. The Balaban J connectivity index is 3.44. The summed E-state index contributed by atoms with van der Waals surface area (Å²) in [4.78, 5) is 9.97. The second kappa shape index (κ2) is 4.99. The standard InChI is InChI=1S/C10H11F2NO4S/c1-18(16,17)9-3-7(11)5(2-8(9)12)6(4-13)10(14)15/h2-3,6H,4,13H2,1H3,(H,14,15). The van der Waals surface area contributed by atoms with Gasteiger partial charge in [-0.15, -0.1) is 0 Å². The highest BCUT2D eigenvalue weighted by molar-refractivity contribution is 7.90. The van der Waals surface area contributed by atoms with E-state index in [9.17, 15) is 22.0 Å². The molecule has 0 spiro atoms. The maximum Gasteiger partial charge on any atom is 0.312 e. The molecule has 0 heterocycles. The van der Waals surface area contributed by atoms with Crippen molar-refractivity contribution in [1.29, 1.82) is 0 Å². The lowest BCUT2D eigenvalue weighted by Gasteiger charge is -2.12. The molecular formula is C10H11F2NO4S. The fraction of sp³-hybridized carbons (Fsp3) is 0.300. The zero-order chi connectivity index (χ0) is 14.1. The van der Waals surface area contributed by atoms with Crippen LogP contribution < -0.4 is 5.73 Å². The van der Waals surface area contributed by atoms with Gasteiger partial charge >= 0.3 is 5.97 Å². The van der Waals surface area contributed by atoms with Crippen LogP contribution in [0.5, 0.6) is 0 Å². The molecule has 1 unspecified atom stereocenters. The van der Waals surface area contributed by atoms with Crippen LogP contribution in [-0.2, 0) is 14.6 Å². The first kappa shape index (κ1) is 14.5. The third kappa shape index (κ3) is 2.82. The lowest BCUT2D eigenvalue weighted by atomic mass is 9.99. The summed E-state index contributed by atoms with van der Waals surface area (Å²) in [6.07, 6.45) is 0.724. The van der Waals surface area contributed by atoms with Gasteiger partial charge in [0.05, 0.1) is 5.92 Å². The van der Waals surface area contributed by atoms with Crippen molar-refractivity contribution in [2.45, 2.75) is 10.8 Å². The van der Waals surface area contributed by atoms with Crippen LogP contribution in [-0.4, -0.2) is 32.3 Å². The van der Waals surface area contributed by atoms with Gasteiger partial charge in [0, 0.05) is 18.4 Å². The first-order valence-corrected chi connectivity index (χ1v) is 6.69. The van der Waals surface area contributed by atoms with Gasteiger partial charge in [-0.3, -0.25) is 4.79 Å². The first-order chi connectivity index (χ1) is 8.18. The van der Waals surface area contributed by atoms with Gasteiger partial charge in [0.25, 0.3) is 0 Å². The predicted molar refractivity (Wildman–Crippen MR) is 58.9 cm³/mol. The minimum absolute atomic E-state index is 0.427. The molecule has 0 radical (unpaired) electrons. The van der Waals surface area contributed by atoms with E-state index in [2.05, 4.69) is 0 Å². The van der Waals surface area contributed by atoms with Crippen molar-refractivity contribution in [1.82, 2.24) is 0 Å². The highest BCUT2D eigenvalue weighted by atomic mass is 32.2. The van der Waals surface area contributed by atoms with Crippen LogP contribution in [0.15, 0.2) is 17.0 Å². The Bertz CT molecular complexity index is 586. The summed E-state index contributed by atoms with van der Waals surface area (Å²) in [6.45, 7) is -0.427. The number of rotatable bonds is 4. The molecule has 1 rings (SSSR count). The highest BCUT2D eigenvalue weighted by Crippen LogP contribution is 2.24. The minimum atomic E-state index is -3.92. The molecule has 1 aromatic carbocycles. The molecule has 0 bridgehead atoms. The molecule has 0 aromatic heterocycles. The van der Waals surface area contributed by atoms with Crippen molar-refractivity contribution < 1.29 is 27.1 Å². The van der Waals surface area contributed by atoms with Crippen molar-refractivity contribution in [2.75, 3.05) is 12.8 Å². The molecule has 3 N–H and O–H groups in total. The van der Waals surface area contributed by atoms with Gasteiger partial charge in [-0.05, 0) is 12.1 Å². The molecule has 8 heteroatoms. The Hall–Kier alpha value is -1.54. The molecule has 0 saturated carbocycles. The Labute approximate surface area is 102 Å². The van der Waals surface area contributed by atoms with Gasteiger partial charge in [0.2, 0.25) is 0 Å². The summed E-state index contributed by atoms with van der Waals surface area (Å²) in [5, 5.41) is 8.78. The predicted octanol–water partition coefficient (Wildman–Crippen LogP) is 0.495. The van der Waals surface area contributed by atoms with E-state index in [1.54, 1.807) is 0 Å². The lowest BCUT2D eigenvalue weighted by Crippen LogP contribution is -2.22. The van der Waals surface area contributed by atoms with E-state index in [1.807, 2.05) is 0 Å². The van der Waals surface area contributed by atoms with Crippen molar-refractivity contribution in [3.8, 4) is 0 Å². The van der Waals surface area contributed by atoms with E-state index in [0.717, 1.165) is 6.26 Å². The largest absolute Gasteiger partial charge is 0.481 e. The topological polar surface area (TPSA) is 97.5 Å². The van der Waals surface area contributed by atoms with E-state index in [-0.39, 0.29) is 0 Å². The second-order valence-electron chi connectivity index (χ2n) is 3.70. The van der Waals surface area contributed by atoms with E-state index in [1.165, 1.54) is 0 Å². The van der Waals surface area contributed by atoms with E-state index >= 15 is 0 Å². The van der Waals surface area contributed by atoms with Crippen LogP contribution in [0.4, 0.5) is 8.78 Å². The van der Waals surface area contributed by atoms with E-state index in [4.69, 9.17) is 10.8 Å². The van der Waals surface area contributed by atoms with Crippen molar-refractivity contribution in [3.63, 3.8) is 0 Å². The lowest BCUT2D eigenvalue weighted by molar-refractivity contribution is -0.138. The van der Waals surface area contributed by atoms with Crippen LogP contribution in [0.25, 0.3) is 0 Å². The maximum atomic E-state index is 13.6. The van der Waals surface area contributed by atoms with Crippen molar-refractivity contribution >= 4 is 15.8 Å². The average Bonchev–Trinajstić information content (AvgIpc) is 2.21. The quantitative estimate of drug-likeness (QED) is 0.836. The average molecular weight is 279 g/mol. The Morgan fingerprint density at radius 2 is 1.94 bits per heavy atom. The monoisotopic (exact) mass is 279 g/mol. The van der Waals surface area contributed by atoms with Crippen LogP contribution >= 0.6 is 0 Å². The zero-order valence-electron chi connectivity index (χ0n) is 9.35. The summed E-state index contributed by atoms with van der Waals surface area (Å²) in [7, 11) is -3.92. The van der Waals surface area contributed by atoms with E-state index < -0.39 is 50.4 Å². The number of nitrogens with two attached hydrogens (primary N) is 1. The number of benzene rings is 1. The van der Waals surface area contributed by atoms with Gasteiger partial charge in [-0.25, -0.2) is 17.2 Å². The molecule has 0 aliphatic carbocycles.